The first kappa shape index (κ1) is 19.7. The molecule has 0 saturated carbocycles. The Hall–Kier alpha value is -3.02. The van der Waals surface area contributed by atoms with Crippen LogP contribution in [0, 0.1) is 6.92 Å². The number of benzene rings is 2. The monoisotopic (exact) mass is 382 g/mol. The van der Waals surface area contributed by atoms with E-state index in [1.54, 1.807) is 24.1 Å². The van der Waals surface area contributed by atoms with E-state index in [1.165, 1.54) is 0 Å². The molecule has 2 amide bonds. The molecule has 6 heteroatoms. The second kappa shape index (κ2) is 8.78. The Bertz CT molecular complexity index is 848. The summed E-state index contributed by atoms with van der Waals surface area (Å²) in [6.07, 6.45) is 1.49. The summed E-state index contributed by atoms with van der Waals surface area (Å²) in [5.74, 6) is 1.26. The van der Waals surface area contributed by atoms with Gasteiger partial charge in [0.1, 0.15) is 11.5 Å². The highest BCUT2D eigenvalue weighted by Gasteiger charge is 2.21. The van der Waals surface area contributed by atoms with Gasteiger partial charge in [0.25, 0.3) is 5.91 Å². The Morgan fingerprint density at radius 2 is 1.96 bits per heavy atom. The maximum Gasteiger partial charge on any atom is 0.258 e. The minimum Gasteiger partial charge on any atom is -0.496 e. The summed E-state index contributed by atoms with van der Waals surface area (Å²) in [4.78, 5) is 25.8. The Labute approximate surface area is 165 Å². The molecule has 0 aromatic heterocycles. The highest BCUT2D eigenvalue weighted by atomic mass is 16.5. The van der Waals surface area contributed by atoms with Crippen LogP contribution in [-0.2, 0) is 9.59 Å². The van der Waals surface area contributed by atoms with Gasteiger partial charge in [0.2, 0.25) is 5.91 Å². The van der Waals surface area contributed by atoms with Crippen molar-refractivity contribution in [3.8, 4) is 11.5 Å². The van der Waals surface area contributed by atoms with Crippen molar-refractivity contribution in [2.45, 2.75) is 32.7 Å². The molecule has 0 spiro atoms. The van der Waals surface area contributed by atoms with Gasteiger partial charge in [-0.1, -0.05) is 17.7 Å². The third-order valence-electron chi connectivity index (χ3n) is 4.82. The van der Waals surface area contributed by atoms with Gasteiger partial charge in [0.05, 0.1) is 13.2 Å². The lowest BCUT2D eigenvalue weighted by atomic mass is 10.0. The van der Waals surface area contributed by atoms with Crippen molar-refractivity contribution >= 4 is 17.5 Å². The van der Waals surface area contributed by atoms with Crippen LogP contribution in [0.5, 0.6) is 11.5 Å². The molecule has 1 unspecified atom stereocenters. The van der Waals surface area contributed by atoms with E-state index in [0.717, 1.165) is 35.5 Å². The molecule has 3 rings (SSSR count). The zero-order valence-corrected chi connectivity index (χ0v) is 16.5. The normalized spacial score (nSPS) is 14.7. The van der Waals surface area contributed by atoms with Gasteiger partial charge in [-0.25, -0.2) is 0 Å². The second-order valence-electron chi connectivity index (χ2n) is 6.97. The van der Waals surface area contributed by atoms with Crippen LogP contribution in [0.15, 0.2) is 42.5 Å². The quantitative estimate of drug-likeness (QED) is 0.797. The fraction of sp³-hybridized carbons (Fsp3) is 0.364. The van der Waals surface area contributed by atoms with Crippen molar-refractivity contribution in [2.75, 3.05) is 25.2 Å². The summed E-state index contributed by atoms with van der Waals surface area (Å²) in [5.41, 5.74) is 2.89. The first-order valence-corrected chi connectivity index (χ1v) is 9.45. The predicted molar refractivity (Wildman–Crippen MR) is 108 cm³/mol. The van der Waals surface area contributed by atoms with Crippen LogP contribution in [0.4, 0.5) is 5.69 Å². The molecule has 148 valence electrons. The Morgan fingerprint density at radius 1 is 1.21 bits per heavy atom. The largest absolute Gasteiger partial charge is 0.496 e. The number of ether oxygens (including phenoxy) is 2. The van der Waals surface area contributed by atoms with Crippen molar-refractivity contribution in [3.05, 3.63) is 53.6 Å². The maximum atomic E-state index is 12.3. The summed E-state index contributed by atoms with van der Waals surface area (Å²) in [7, 11) is 1.62. The third-order valence-corrected chi connectivity index (χ3v) is 4.82. The van der Waals surface area contributed by atoms with Gasteiger partial charge < -0.3 is 19.7 Å². The minimum absolute atomic E-state index is 0.0829. The Morgan fingerprint density at radius 3 is 2.61 bits per heavy atom. The number of nitrogens with zero attached hydrogens (tertiary/aromatic N) is 1. The lowest BCUT2D eigenvalue weighted by Gasteiger charge is -2.18. The van der Waals surface area contributed by atoms with Crippen molar-refractivity contribution in [1.29, 1.82) is 0 Å². The number of nitrogens with one attached hydrogen (secondary N) is 1. The van der Waals surface area contributed by atoms with E-state index in [2.05, 4.69) is 5.32 Å². The summed E-state index contributed by atoms with van der Waals surface area (Å²) in [6, 6.07) is 12.9. The molecule has 1 saturated heterocycles. The number of rotatable bonds is 7. The molecule has 1 aliphatic rings. The lowest BCUT2D eigenvalue weighted by molar-refractivity contribution is -0.123. The van der Waals surface area contributed by atoms with E-state index in [0.29, 0.717) is 12.2 Å². The molecule has 1 aliphatic heterocycles. The molecular formula is C22H26N2O4. The molecule has 28 heavy (non-hydrogen) atoms. The molecule has 2 aromatic carbocycles. The smallest absolute Gasteiger partial charge is 0.258 e. The van der Waals surface area contributed by atoms with Crippen LogP contribution in [0.25, 0.3) is 0 Å². The van der Waals surface area contributed by atoms with Crippen LogP contribution in [0.2, 0.25) is 0 Å². The van der Waals surface area contributed by atoms with Gasteiger partial charge in [0.15, 0.2) is 6.61 Å². The molecule has 1 N–H and O–H groups in total. The third kappa shape index (κ3) is 4.63. The molecule has 1 atom stereocenters. The van der Waals surface area contributed by atoms with Crippen LogP contribution in [-0.4, -0.2) is 32.1 Å². The number of carbonyl (C=O) groups excluding carboxylic acids is 2. The fourth-order valence-electron chi connectivity index (χ4n) is 3.35. The molecule has 1 heterocycles. The van der Waals surface area contributed by atoms with Gasteiger partial charge in [-0.2, -0.15) is 0 Å². The standard InChI is InChI=1S/C22H26N2O4/c1-15-6-11-20(27-3)19(13-15)16(2)23-21(25)14-28-18-9-7-17(8-10-18)24-12-4-5-22(24)26/h6-11,13,16H,4-5,12,14H2,1-3H3,(H,23,25). The summed E-state index contributed by atoms with van der Waals surface area (Å²) < 4.78 is 11.0. The molecule has 0 radical (unpaired) electrons. The lowest BCUT2D eigenvalue weighted by Crippen LogP contribution is -2.31. The van der Waals surface area contributed by atoms with Gasteiger partial charge >= 0.3 is 0 Å². The van der Waals surface area contributed by atoms with Crippen molar-refractivity contribution in [3.63, 3.8) is 0 Å². The Kier molecular flexibility index (Phi) is 6.19. The molecule has 2 aromatic rings. The van der Waals surface area contributed by atoms with Crippen molar-refractivity contribution < 1.29 is 19.1 Å². The summed E-state index contributed by atoms with van der Waals surface area (Å²) in [6.45, 7) is 4.58. The van der Waals surface area contributed by atoms with E-state index in [9.17, 15) is 9.59 Å². The number of anilines is 1. The zero-order chi connectivity index (χ0) is 20.1. The predicted octanol–water partition coefficient (Wildman–Crippen LogP) is 3.39. The van der Waals surface area contributed by atoms with Crippen LogP contribution in [0.3, 0.4) is 0 Å². The Balaban J connectivity index is 1.54. The molecule has 0 aliphatic carbocycles. The average Bonchev–Trinajstić information content (AvgIpc) is 3.12. The summed E-state index contributed by atoms with van der Waals surface area (Å²) >= 11 is 0. The van der Waals surface area contributed by atoms with Crippen LogP contribution >= 0.6 is 0 Å². The SMILES string of the molecule is COc1ccc(C)cc1C(C)NC(=O)COc1ccc(N2CCCC2=O)cc1. The first-order valence-electron chi connectivity index (χ1n) is 9.45. The molecule has 6 nitrogen and oxygen atoms in total. The van der Waals surface area contributed by atoms with Gasteiger partial charge in [-0.3, -0.25) is 9.59 Å². The number of hydrogen-bond donors (Lipinski definition) is 1. The highest BCUT2D eigenvalue weighted by Crippen LogP contribution is 2.26. The van der Waals surface area contributed by atoms with Crippen molar-refractivity contribution in [2.24, 2.45) is 0 Å². The molecular weight excluding hydrogens is 356 g/mol. The van der Waals surface area contributed by atoms with Gasteiger partial charge in [-0.15, -0.1) is 0 Å². The van der Waals surface area contributed by atoms with Gasteiger partial charge in [-0.05, 0) is 50.6 Å². The maximum absolute atomic E-state index is 12.3. The van der Waals surface area contributed by atoms with Crippen molar-refractivity contribution in [1.82, 2.24) is 5.32 Å². The number of hydrogen-bond acceptors (Lipinski definition) is 4. The number of amides is 2. The van der Waals surface area contributed by atoms with Crippen LogP contribution in [0.1, 0.15) is 36.9 Å². The van der Waals surface area contributed by atoms with Gasteiger partial charge in [0, 0.05) is 24.2 Å². The van der Waals surface area contributed by atoms with Crippen LogP contribution < -0.4 is 19.7 Å². The number of methoxy groups -OCH3 is 1. The minimum atomic E-state index is -0.213. The topological polar surface area (TPSA) is 67.9 Å². The zero-order valence-electron chi connectivity index (χ0n) is 16.5. The highest BCUT2D eigenvalue weighted by molar-refractivity contribution is 5.95. The first-order chi connectivity index (χ1) is 13.5. The molecule has 1 fully saturated rings. The van der Waals surface area contributed by atoms with E-state index >= 15 is 0 Å². The molecule has 0 bridgehead atoms. The van der Waals surface area contributed by atoms with E-state index in [-0.39, 0.29) is 24.5 Å². The number of aryl methyl sites for hydroxylation is 1. The van der Waals surface area contributed by atoms with E-state index in [4.69, 9.17) is 9.47 Å². The summed E-state index contributed by atoms with van der Waals surface area (Å²) in [5, 5.41) is 2.93. The fourth-order valence-corrected chi connectivity index (χ4v) is 3.35. The number of carbonyl (C=O) groups is 2. The van der Waals surface area contributed by atoms with E-state index < -0.39 is 0 Å². The van der Waals surface area contributed by atoms with E-state index in [1.807, 2.05) is 44.2 Å². The second-order valence-corrected chi connectivity index (χ2v) is 6.97. The average molecular weight is 382 g/mol.